The van der Waals surface area contributed by atoms with Crippen molar-refractivity contribution in [2.24, 2.45) is 4.99 Å². The monoisotopic (exact) mass is 397 g/mol. The van der Waals surface area contributed by atoms with E-state index in [1.807, 2.05) is 24.3 Å². The summed E-state index contributed by atoms with van der Waals surface area (Å²) in [7, 11) is 1.61. The number of benzene rings is 2. The molecule has 0 spiro atoms. The van der Waals surface area contributed by atoms with Crippen LogP contribution in [0.25, 0.3) is 0 Å². The summed E-state index contributed by atoms with van der Waals surface area (Å²) < 4.78 is 21.5. The molecule has 0 saturated carbocycles. The molecule has 2 aliphatic heterocycles. The highest BCUT2D eigenvalue weighted by atomic mass is 16.7. The number of anilines is 1. The van der Waals surface area contributed by atoms with Gasteiger partial charge in [-0.2, -0.15) is 0 Å². The Kier molecular flexibility index (Phi) is 5.81. The van der Waals surface area contributed by atoms with Crippen molar-refractivity contribution in [1.82, 2.24) is 5.32 Å². The number of guanidine groups is 1. The maximum absolute atomic E-state index is 12.8. The largest absolute Gasteiger partial charge is 0.497 e. The van der Waals surface area contributed by atoms with Crippen LogP contribution in [0.4, 0.5) is 5.69 Å². The van der Waals surface area contributed by atoms with Gasteiger partial charge >= 0.3 is 0 Å². The van der Waals surface area contributed by atoms with E-state index in [9.17, 15) is 4.79 Å². The van der Waals surface area contributed by atoms with Gasteiger partial charge in [0.15, 0.2) is 11.5 Å². The first-order valence-electron chi connectivity index (χ1n) is 9.49. The Balaban J connectivity index is 1.48. The van der Waals surface area contributed by atoms with Crippen molar-refractivity contribution in [2.75, 3.05) is 32.4 Å². The first-order chi connectivity index (χ1) is 14.2. The normalized spacial score (nSPS) is 17.8. The molecule has 1 amide bonds. The molecule has 8 heteroatoms. The Hall–Kier alpha value is -3.26. The molecule has 0 unspecified atom stereocenters. The van der Waals surface area contributed by atoms with Crippen LogP contribution < -0.4 is 24.8 Å². The van der Waals surface area contributed by atoms with Crippen molar-refractivity contribution in [3.8, 4) is 17.2 Å². The van der Waals surface area contributed by atoms with Gasteiger partial charge in [0.05, 0.1) is 19.8 Å². The van der Waals surface area contributed by atoms with E-state index in [0.717, 1.165) is 30.9 Å². The predicted octanol–water partition coefficient (Wildman–Crippen LogP) is 2.80. The van der Waals surface area contributed by atoms with Gasteiger partial charge in [-0.25, -0.2) is 4.99 Å². The standard InChI is InChI=1S/C21H23N3O5/c1-26-16-7-5-15(6-8-16)23-21(22-12-17-3-2-10-27-17)24-20(25)14-4-9-18-19(11-14)29-13-28-18/h4-9,11,17H,2-3,10,12-13H2,1H3,(H2,22,23,24,25)/t17-/m0/s1. The molecule has 0 aromatic heterocycles. The fourth-order valence-electron chi connectivity index (χ4n) is 3.12. The van der Waals surface area contributed by atoms with Crippen molar-refractivity contribution in [3.05, 3.63) is 48.0 Å². The number of fused-ring (bicyclic) bond motifs is 1. The van der Waals surface area contributed by atoms with Crippen molar-refractivity contribution in [3.63, 3.8) is 0 Å². The number of aliphatic imine (C=N–C) groups is 1. The summed E-state index contributed by atoms with van der Waals surface area (Å²) in [6.45, 7) is 1.39. The molecule has 2 aromatic carbocycles. The lowest BCUT2D eigenvalue weighted by molar-refractivity contribution is 0.0975. The highest BCUT2D eigenvalue weighted by Crippen LogP contribution is 2.32. The van der Waals surface area contributed by atoms with E-state index in [-0.39, 0.29) is 18.8 Å². The third kappa shape index (κ3) is 4.78. The summed E-state index contributed by atoms with van der Waals surface area (Å²) in [6.07, 6.45) is 2.07. The number of rotatable bonds is 5. The summed E-state index contributed by atoms with van der Waals surface area (Å²) in [5, 5.41) is 6.00. The number of amides is 1. The molecule has 2 aromatic rings. The van der Waals surface area contributed by atoms with Gasteiger partial charge in [0.2, 0.25) is 12.8 Å². The molecule has 1 fully saturated rings. The molecule has 2 heterocycles. The van der Waals surface area contributed by atoms with E-state index in [4.69, 9.17) is 18.9 Å². The number of nitrogens with zero attached hydrogens (tertiary/aromatic N) is 1. The highest BCUT2D eigenvalue weighted by Gasteiger charge is 2.18. The van der Waals surface area contributed by atoms with Crippen LogP contribution in [0.1, 0.15) is 23.2 Å². The molecule has 8 nitrogen and oxygen atoms in total. The van der Waals surface area contributed by atoms with Crippen molar-refractivity contribution in [2.45, 2.75) is 18.9 Å². The van der Waals surface area contributed by atoms with Crippen molar-refractivity contribution >= 4 is 17.6 Å². The molecule has 0 radical (unpaired) electrons. The Bertz CT molecular complexity index is 892. The molecule has 2 N–H and O–H groups in total. The van der Waals surface area contributed by atoms with E-state index >= 15 is 0 Å². The van der Waals surface area contributed by atoms with Crippen LogP contribution in [0.5, 0.6) is 17.2 Å². The van der Waals surface area contributed by atoms with Gasteiger partial charge < -0.3 is 24.3 Å². The van der Waals surface area contributed by atoms with Crippen LogP contribution >= 0.6 is 0 Å². The number of carbonyl (C=O) groups is 1. The molecule has 29 heavy (non-hydrogen) atoms. The summed E-state index contributed by atoms with van der Waals surface area (Å²) in [6, 6.07) is 12.4. The number of carbonyl (C=O) groups excluding carboxylic acids is 1. The molecule has 1 saturated heterocycles. The minimum atomic E-state index is -0.296. The highest BCUT2D eigenvalue weighted by molar-refractivity contribution is 6.10. The van der Waals surface area contributed by atoms with Crippen molar-refractivity contribution in [1.29, 1.82) is 0 Å². The quantitative estimate of drug-likeness (QED) is 0.596. The van der Waals surface area contributed by atoms with E-state index in [0.29, 0.717) is 29.6 Å². The van der Waals surface area contributed by atoms with Crippen LogP contribution in [0.3, 0.4) is 0 Å². The van der Waals surface area contributed by atoms with Crippen LogP contribution in [-0.2, 0) is 4.74 Å². The lowest BCUT2D eigenvalue weighted by Gasteiger charge is -2.14. The number of ether oxygens (including phenoxy) is 4. The molecule has 4 rings (SSSR count). The zero-order valence-corrected chi connectivity index (χ0v) is 16.1. The summed E-state index contributed by atoms with van der Waals surface area (Å²) in [5.74, 6) is 1.99. The second kappa shape index (κ2) is 8.83. The average Bonchev–Trinajstić information content (AvgIpc) is 3.43. The van der Waals surface area contributed by atoms with Gasteiger partial charge in [-0.3, -0.25) is 10.1 Å². The van der Waals surface area contributed by atoms with Gasteiger partial charge in [-0.05, 0) is 55.3 Å². The van der Waals surface area contributed by atoms with E-state index in [1.54, 1.807) is 25.3 Å². The van der Waals surface area contributed by atoms with E-state index in [2.05, 4.69) is 15.6 Å². The Morgan fingerprint density at radius 2 is 2.00 bits per heavy atom. The maximum Gasteiger partial charge on any atom is 0.258 e. The van der Waals surface area contributed by atoms with Gasteiger partial charge in [0.1, 0.15) is 5.75 Å². The third-order valence-electron chi connectivity index (χ3n) is 4.70. The van der Waals surface area contributed by atoms with Gasteiger partial charge in [0, 0.05) is 17.9 Å². The van der Waals surface area contributed by atoms with Crippen LogP contribution in [0.2, 0.25) is 0 Å². The number of hydrogen-bond donors (Lipinski definition) is 2. The summed E-state index contributed by atoms with van der Waals surface area (Å²) >= 11 is 0. The first-order valence-corrected chi connectivity index (χ1v) is 9.49. The predicted molar refractivity (Wildman–Crippen MR) is 108 cm³/mol. The van der Waals surface area contributed by atoms with E-state index < -0.39 is 0 Å². The number of nitrogens with one attached hydrogen (secondary N) is 2. The van der Waals surface area contributed by atoms with Crippen molar-refractivity contribution < 1.29 is 23.7 Å². The minimum Gasteiger partial charge on any atom is -0.497 e. The minimum absolute atomic E-state index is 0.0742. The smallest absolute Gasteiger partial charge is 0.258 e. The zero-order valence-electron chi connectivity index (χ0n) is 16.1. The molecule has 2 aliphatic rings. The fraction of sp³-hybridized carbons (Fsp3) is 0.333. The SMILES string of the molecule is COc1ccc(NC(=NC[C@@H]2CCCO2)NC(=O)c2ccc3c(c2)OCO3)cc1. The van der Waals surface area contributed by atoms with Gasteiger partial charge in [0.25, 0.3) is 5.91 Å². The molecule has 0 aliphatic carbocycles. The molecular weight excluding hydrogens is 374 g/mol. The molecular formula is C21H23N3O5. The van der Waals surface area contributed by atoms with Crippen LogP contribution in [0.15, 0.2) is 47.5 Å². The molecule has 0 bridgehead atoms. The maximum atomic E-state index is 12.8. The first kappa shape index (κ1) is 19.1. The lowest BCUT2D eigenvalue weighted by Crippen LogP contribution is -2.36. The van der Waals surface area contributed by atoms with E-state index in [1.165, 1.54) is 0 Å². The summed E-state index contributed by atoms with van der Waals surface area (Å²) in [5.41, 5.74) is 1.23. The Morgan fingerprint density at radius 3 is 2.76 bits per heavy atom. The van der Waals surface area contributed by atoms with Crippen LogP contribution in [-0.4, -0.2) is 45.0 Å². The van der Waals surface area contributed by atoms with Gasteiger partial charge in [-0.15, -0.1) is 0 Å². The zero-order chi connectivity index (χ0) is 20.1. The lowest BCUT2D eigenvalue weighted by atomic mass is 10.2. The Morgan fingerprint density at radius 1 is 1.17 bits per heavy atom. The second-order valence-electron chi connectivity index (χ2n) is 6.70. The fourth-order valence-corrected chi connectivity index (χ4v) is 3.12. The molecule has 152 valence electrons. The molecule has 1 atom stereocenters. The Labute approximate surface area is 168 Å². The average molecular weight is 397 g/mol. The van der Waals surface area contributed by atoms with Gasteiger partial charge in [-0.1, -0.05) is 0 Å². The summed E-state index contributed by atoms with van der Waals surface area (Å²) in [4.78, 5) is 17.3. The number of methoxy groups -OCH3 is 1. The number of hydrogen-bond acceptors (Lipinski definition) is 6. The topological polar surface area (TPSA) is 90.4 Å². The second-order valence-corrected chi connectivity index (χ2v) is 6.70. The van der Waals surface area contributed by atoms with Crippen LogP contribution in [0, 0.1) is 0 Å². The third-order valence-corrected chi connectivity index (χ3v) is 4.70.